The zero-order chi connectivity index (χ0) is 26.4. The monoisotopic (exact) mass is 527 g/mol. The number of rotatable bonds is 10. The lowest BCUT2D eigenvalue weighted by Gasteiger charge is -2.36. The Bertz CT molecular complexity index is 1160. The first-order valence-electron chi connectivity index (χ1n) is 12.5. The van der Waals surface area contributed by atoms with E-state index in [0.717, 1.165) is 42.6 Å². The van der Waals surface area contributed by atoms with E-state index in [4.69, 9.17) is 9.47 Å². The minimum absolute atomic E-state index is 0.0759. The normalized spacial score (nSPS) is 14.6. The van der Waals surface area contributed by atoms with Crippen molar-refractivity contribution >= 4 is 23.4 Å². The second kappa shape index (κ2) is 12.3. The number of halogens is 1. The SMILES string of the molecule is COc1ccc(OC(C)c2nnc(SCC(=O)N3CCN(c4ccc(F)cc4)CC3)n2CC(C)C)cc1. The average molecular weight is 528 g/mol. The molecule has 1 aliphatic heterocycles. The highest BCUT2D eigenvalue weighted by Gasteiger charge is 2.24. The van der Waals surface area contributed by atoms with E-state index in [-0.39, 0.29) is 17.8 Å². The van der Waals surface area contributed by atoms with Crippen molar-refractivity contribution in [3.8, 4) is 11.5 Å². The van der Waals surface area contributed by atoms with Gasteiger partial charge in [-0.05, 0) is 61.4 Å². The van der Waals surface area contributed by atoms with Crippen LogP contribution >= 0.6 is 11.8 Å². The molecule has 4 rings (SSSR count). The molecule has 10 heteroatoms. The van der Waals surface area contributed by atoms with Gasteiger partial charge in [-0.25, -0.2) is 4.39 Å². The van der Waals surface area contributed by atoms with E-state index < -0.39 is 0 Å². The maximum Gasteiger partial charge on any atom is 0.233 e. The molecule has 0 bridgehead atoms. The van der Waals surface area contributed by atoms with Crippen LogP contribution in [0.5, 0.6) is 11.5 Å². The molecule has 2 aromatic carbocycles. The zero-order valence-electron chi connectivity index (χ0n) is 21.8. The number of amides is 1. The molecule has 1 atom stereocenters. The molecule has 0 aliphatic carbocycles. The van der Waals surface area contributed by atoms with Crippen LogP contribution < -0.4 is 14.4 Å². The second-order valence-corrected chi connectivity index (χ2v) is 10.4. The first-order chi connectivity index (χ1) is 17.8. The van der Waals surface area contributed by atoms with Crippen molar-refractivity contribution in [2.24, 2.45) is 5.92 Å². The number of carbonyl (C=O) groups excluding carboxylic acids is 1. The van der Waals surface area contributed by atoms with Gasteiger partial charge in [-0.15, -0.1) is 10.2 Å². The van der Waals surface area contributed by atoms with Crippen LogP contribution in [0.3, 0.4) is 0 Å². The van der Waals surface area contributed by atoms with Gasteiger partial charge in [-0.3, -0.25) is 4.79 Å². The van der Waals surface area contributed by atoms with E-state index in [0.29, 0.717) is 29.9 Å². The summed E-state index contributed by atoms with van der Waals surface area (Å²) in [7, 11) is 1.63. The molecule has 1 aliphatic rings. The first kappa shape index (κ1) is 26.8. The van der Waals surface area contributed by atoms with Gasteiger partial charge in [0.05, 0.1) is 12.9 Å². The van der Waals surface area contributed by atoms with Gasteiger partial charge in [-0.2, -0.15) is 0 Å². The van der Waals surface area contributed by atoms with Crippen LogP contribution in [0.1, 0.15) is 32.7 Å². The molecular weight excluding hydrogens is 493 g/mol. The summed E-state index contributed by atoms with van der Waals surface area (Å²) < 4.78 is 26.6. The molecule has 1 unspecified atom stereocenters. The maximum absolute atomic E-state index is 13.2. The molecule has 0 N–H and O–H groups in total. The highest BCUT2D eigenvalue weighted by atomic mass is 32.2. The number of aromatic nitrogens is 3. The van der Waals surface area contributed by atoms with Crippen molar-refractivity contribution in [3.05, 3.63) is 60.2 Å². The molecular formula is C27H34FN5O3S. The quantitative estimate of drug-likeness (QED) is 0.355. The van der Waals surface area contributed by atoms with Gasteiger partial charge in [0.2, 0.25) is 5.91 Å². The molecule has 8 nitrogen and oxygen atoms in total. The number of benzene rings is 2. The maximum atomic E-state index is 13.2. The summed E-state index contributed by atoms with van der Waals surface area (Å²) in [5.74, 6) is 2.71. The highest BCUT2D eigenvalue weighted by molar-refractivity contribution is 7.99. The van der Waals surface area contributed by atoms with Crippen molar-refractivity contribution in [2.45, 2.75) is 38.6 Å². The molecule has 3 aromatic rings. The van der Waals surface area contributed by atoms with E-state index in [9.17, 15) is 9.18 Å². The lowest BCUT2D eigenvalue weighted by Crippen LogP contribution is -2.49. The van der Waals surface area contributed by atoms with Crippen LogP contribution in [0.15, 0.2) is 53.7 Å². The lowest BCUT2D eigenvalue weighted by atomic mass is 10.2. The molecule has 1 aromatic heterocycles. The Morgan fingerprint density at radius 2 is 1.62 bits per heavy atom. The summed E-state index contributed by atoms with van der Waals surface area (Å²) in [6, 6.07) is 13.9. The van der Waals surface area contributed by atoms with Crippen molar-refractivity contribution < 1.29 is 18.7 Å². The molecule has 2 heterocycles. The number of piperazine rings is 1. The molecule has 0 radical (unpaired) electrons. The van der Waals surface area contributed by atoms with Gasteiger partial charge in [0.15, 0.2) is 17.1 Å². The summed E-state index contributed by atoms with van der Waals surface area (Å²) in [5, 5.41) is 9.54. The van der Waals surface area contributed by atoms with Crippen molar-refractivity contribution in [2.75, 3.05) is 43.9 Å². The van der Waals surface area contributed by atoms with Crippen LogP contribution in [0.4, 0.5) is 10.1 Å². The van der Waals surface area contributed by atoms with E-state index in [1.165, 1.54) is 23.9 Å². The zero-order valence-corrected chi connectivity index (χ0v) is 22.6. The molecule has 198 valence electrons. The predicted molar refractivity (Wildman–Crippen MR) is 143 cm³/mol. The summed E-state index contributed by atoms with van der Waals surface area (Å²) in [4.78, 5) is 17.0. The number of anilines is 1. The number of thioether (sulfide) groups is 1. The fourth-order valence-corrected chi connectivity index (χ4v) is 5.10. The average Bonchev–Trinajstić information content (AvgIpc) is 3.30. The van der Waals surface area contributed by atoms with E-state index in [2.05, 4.69) is 33.5 Å². The summed E-state index contributed by atoms with van der Waals surface area (Å²) in [6.45, 7) is 9.65. The third kappa shape index (κ3) is 6.94. The molecule has 0 spiro atoms. The standard InChI is InChI=1S/C27H34FN5O3S/c1-19(2)17-33-26(20(3)36-24-11-9-23(35-4)10-12-24)29-30-27(33)37-18-25(34)32-15-13-31(14-16-32)22-7-5-21(28)6-8-22/h5-12,19-20H,13-18H2,1-4H3. The summed E-state index contributed by atoms with van der Waals surface area (Å²) >= 11 is 1.41. The van der Waals surface area contributed by atoms with Crippen LogP contribution in [-0.2, 0) is 11.3 Å². The Hall–Kier alpha value is -3.27. The topological polar surface area (TPSA) is 72.7 Å². The van der Waals surface area contributed by atoms with Gasteiger partial charge in [0.25, 0.3) is 0 Å². The first-order valence-corrected chi connectivity index (χ1v) is 13.5. The number of hydrogen-bond acceptors (Lipinski definition) is 7. The minimum Gasteiger partial charge on any atom is -0.497 e. The molecule has 1 fully saturated rings. The Morgan fingerprint density at radius 1 is 0.973 bits per heavy atom. The molecule has 1 saturated heterocycles. The van der Waals surface area contributed by atoms with E-state index in [1.807, 2.05) is 36.1 Å². The Balaban J connectivity index is 1.35. The third-order valence-corrected chi connectivity index (χ3v) is 7.13. The van der Waals surface area contributed by atoms with Crippen LogP contribution in [-0.4, -0.2) is 64.6 Å². The Labute approximate surface area is 221 Å². The van der Waals surface area contributed by atoms with Gasteiger partial charge >= 0.3 is 0 Å². The number of nitrogens with zero attached hydrogens (tertiary/aromatic N) is 5. The van der Waals surface area contributed by atoms with E-state index >= 15 is 0 Å². The number of carbonyl (C=O) groups is 1. The third-order valence-electron chi connectivity index (χ3n) is 6.18. The van der Waals surface area contributed by atoms with Crippen LogP contribution in [0.2, 0.25) is 0 Å². The Kier molecular flexibility index (Phi) is 8.91. The minimum atomic E-state index is -0.316. The van der Waals surface area contributed by atoms with Crippen molar-refractivity contribution in [1.82, 2.24) is 19.7 Å². The molecule has 1 amide bonds. The fraction of sp³-hybridized carbons (Fsp3) is 0.444. The lowest BCUT2D eigenvalue weighted by molar-refractivity contribution is -0.128. The van der Waals surface area contributed by atoms with Crippen molar-refractivity contribution in [1.29, 1.82) is 0 Å². The number of methoxy groups -OCH3 is 1. The molecule has 37 heavy (non-hydrogen) atoms. The summed E-state index contributed by atoms with van der Waals surface area (Å²) in [5.41, 5.74) is 0.975. The van der Waals surface area contributed by atoms with Gasteiger partial charge in [-0.1, -0.05) is 25.6 Å². The predicted octanol–water partition coefficient (Wildman–Crippen LogP) is 4.66. The second-order valence-electron chi connectivity index (χ2n) is 9.41. The summed E-state index contributed by atoms with van der Waals surface area (Å²) in [6.07, 6.45) is -0.316. The number of ether oxygens (including phenoxy) is 2. The number of hydrogen-bond donors (Lipinski definition) is 0. The fourth-order valence-electron chi connectivity index (χ4n) is 4.24. The van der Waals surface area contributed by atoms with Gasteiger partial charge in [0, 0.05) is 38.4 Å². The Morgan fingerprint density at radius 3 is 2.24 bits per heavy atom. The van der Waals surface area contributed by atoms with Gasteiger partial charge < -0.3 is 23.8 Å². The van der Waals surface area contributed by atoms with Gasteiger partial charge in [0.1, 0.15) is 17.3 Å². The van der Waals surface area contributed by atoms with E-state index in [1.54, 1.807) is 19.2 Å². The van der Waals surface area contributed by atoms with Crippen LogP contribution in [0, 0.1) is 11.7 Å². The molecule has 0 saturated carbocycles. The van der Waals surface area contributed by atoms with Crippen molar-refractivity contribution in [3.63, 3.8) is 0 Å². The largest absolute Gasteiger partial charge is 0.497 e. The smallest absolute Gasteiger partial charge is 0.233 e. The highest BCUT2D eigenvalue weighted by Crippen LogP contribution is 2.27. The van der Waals surface area contributed by atoms with Crippen LogP contribution in [0.25, 0.3) is 0 Å².